The van der Waals surface area contributed by atoms with Crippen LogP contribution in [0.25, 0.3) is 0 Å². The topological polar surface area (TPSA) is 42.2 Å². The third kappa shape index (κ3) is 3.33. The van der Waals surface area contributed by atoms with Gasteiger partial charge in [-0.25, -0.2) is 4.98 Å². The van der Waals surface area contributed by atoms with Crippen LogP contribution < -0.4 is 10.6 Å². The van der Waals surface area contributed by atoms with E-state index in [1.807, 2.05) is 31.8 Å². The van der Waals surface area contributed by atoms with Crippen LogP contribution >= 0.6 is 24.0 Å². The highest BCUT2D eigenvalue weighted by Gasteiger charge is 2.17. The van der Waals surface area contributed by atoms with Gasteiger partial charge in [-0.15, -0.1) is 0 Å². The van der Waals surface area contributed by atoms with Crippen LogP contribution in [0.2, 0.25) is 0 Å². The molecular weight excluding hydrogens is 250 g/mol. The Labute approximate surface area is 113 Å². The molecule has 0 aliphatic heterocycles. The van der Waals surface area contributed by atoms with Gasteiger partial charge in [-0.3, -0.25) is 0 Å². The summed E-state index contributed by atoms with van der Waals surface area (Å²) in [5.74, 6) is 1.92. The molecule has 0 aromatic carbocycles. The third-order valence-corrected chi connectivity index (χ3v) is 3.81. The average Bonchev–Trinajstić information content (AvgIpc) is 2.27. The molecule has 1 heterocycles. The minimum absolute atomic E-state index is 0.396. The van der Waals surface area contributed by atoms with Crippen LogP contribution in [0.1, 0.15) is 18.1 Å². The number of hydrogen-bond acceptors (Lipinski definition) is 4. The Bertz CT molecular complexity index is 407. The van der Waals surface area contributed by atoms with Gasteiger partial charge >= 0.3 is 0 Å². The zero-order valence-electron chi connectivity index (χ0n) is 10.7. The van der Waals surface area contributed by atoms with E-state index in [9.17, 15) is 0 Å². The summed E-state index contributed by atoms with van der Waals surface area (Å²) in [4.78, 5) is 6.96. The summed E-state index contributed by atoms with van der Waals surface area (Å²) in [7, 11) is 2.03. The Morgan fingerprint density at radius 2 is 2.29 bits per heavy atom. The molecule has 94 valence electrons. The summed E-state index contributed by atoms with van der Waals surface area (Å²) in [6, 6.07) is 2.33. The highest BCUT2D eigenvalue weighted by molar-refractivity contribution is 7.98. The second-order valence-electron chi connectivity index (χ2n) is 4.11. The number of nitrogens with two attached hydrogens (primary N) is 1. The quantitative estimate of drug-likeness (QED) is 0.830. The summed E-state index contributed by atoms with van der Waals surface area (Å²) < 4.78 is 0. The number of nitrogens with zero attached hydrogens (tertiary/aromatic N) is 2. The van der Waals surface area contributed by atoms with E-state index in [1.54, 1.807) is 6.20 Å². The molecule has 0 aliphatic carbocycles. The van der Waals surface area contributed by atoms with Crippen molar-refractivity contribution in [1.29, 1.82) is 0 Å². The monoisotopic (exact) mass is 269 g/mol. The minimum atomic E-state index is 0.396. The van der Waals surface area contributed by atoms with Gasteiger partial charge in [-0.05, 0) is 31.7 Å². The SMILES string of the molecule is CSCC(C)N(C)c1nccc(C)c1C(N)=S. The van der Waals surface area contributed by atoms with Gasteiger partial charge in [0.25, 0.3) is 0 Å². The Morgan fingerprint density at radius 1 is 1.65 bits per heavy atom. The highest BCUT2D eigenvalue weighted by atomic mass is 32.2. The van der Waals surface area contributed by atoms with E-state index in [-0.39, 0.29) is 0 Å². The van der Waals surface area contributed by atoms with Crippen molar-refractivity contribution in [3.05, 3.63) is 23.4 Å². The molecule has 17 heavy (non-hydrogen) atoms. The second-order valence-corrected chi connectivity index (χ2v) is 5.46. The zero-order valence-corrected chi connectivity index (χ0v) is 12.4. The van der Waals surface area contributed by atoms with Crippen LogP contribution in [0.5, 0.6) is 0 Å². The van der Waals surface area contributed by atoms with Crippen LogP contribution in [0.3, 0.4) is 0 Å². The normalized spacial score (nSPS) is 12.2. The first-order chi connectivity index (χ1) is 7.99. The van der Waals surface area contributed by atoms with E-state index in [2.05, 4.69) is 23.1 Å². The summed E-state index contributed by atoms with van der Waals surface area (Å²) in [5.41, 5.74) is 7.75. The van der Waals surface area contributed by atoms with Crippen molar-refractivity contribution >= 4 is 34.8 Å². The van der Waals surface area contributed by atoms with Gasteiger partial charge in [-0.1, -0.05) is 12.2 Å². The van der Waals surface area contributed by atoms with Gasteiger partial charge < -0.3 is 10.6 Å². The molecule has 3 nitrogen and oxygen atoms in total. The van der Waals surface area contributed by atoms with Crippen molar-refractivity contribution in [3.8, 4) is 0 Å². The molecule has 0 saturated heterocycles. The van der Waals surface area contributed by atoms with Crippen LogP contribution in [0.4, 0.5) is 5.82 Å². The third-order valence-electron chi connectivity index (χ3n) is 2.79. The zero-order chi connectivity index (χ0) is 13.0. The molecule has 5 heteroatoms. The number of hydrogen-bond donors (Lipinski definition) is 1. The van der Waals surface area contributed by atoms with Crippen LogP contribution in [-0.4, -0.2) is 35.1 Å². The molecule has 1 aromatic heterocycles. The smallest absolute Gasteiger partial charge is 0.139 e. The molecule has 0 aliphatic rings. The molecule has 0 saturated carbocycles. The standard InChI is InChI=1S/C12H19N3S2/c1-8-5-6-14-12(10(8)11(13)16)15(3)9(2)7-17-4/h5-6,9H,7H2,1-4H3,(H2,13,16). The van der Waals surface area contributed by atoms with Crippen molar-refractivity contribution in [2.24, 2.45) is 5.73 Å². The van der Waals surface area contributed by atoms with Gasteiger partial charge in [0.05, 0.1) is 5.56 Å². The molecule has 1 rings (SSSR count). The number of pyridine rings is 1. The fourth-order valence-corrected chi connectivity index (χ4v) is 2.64. The Hall–Kier alpha value is -0.810. The molecule has 1 aromatic rings. The largest absolute Gasteiger partial charge is 0.389 e. The van der Waals surface area contributed by atoms with Gasteiger partial charge in [0.2, 0.25) is 0 Å². The van der Waals surface area contributed by atoms with Crippen molar-refractivity contribution in [3.63, 3.8) is 0 Å². The van der Waals surface area contributed by atoms with E-state index in [0.717, 1.165) is 22.7 Å². The summed E-state index contributed by atoms with van der Waals surface area (Å²) in [5, 5.41) is 0. The lowest BCUT2D eigenvalue weighted by atomic mass is 10.1. The number of thiocarbonyl (C=S) groups is 1. The predicted octanol–water partition coefficient (Wildman–Crippen LogP) is 2.21. The molecule has 0 amide bonds. The molecule has 1 unspecified atom stereocenters. The molecule has 0 radical (unpaired) electrons. The first kappa shape index (κ1) is 14.3. The number of aromatic nitrogens is 1. The lowest BCUT2D eigenvalue weighted by molar-refractivity contribution is 0.752. The lowest BCUT2D eigenvalue weighted by Crippen LogP contribution is -2.33. The first-order valence-corrected chi connectivity index (χ1v) is 7.26. The molecule has 0 spiro atoms. The lowest BCUT2D eigenvalue weighted by Gasteiger charge is -2.27. The van der Waals surface area contributed by atoms with Crippen LogP contribution in [0.15, 0.2) is 12.3 Å². The maximum Gasteiger partial charge on any atom is 0.139 e. The number of aryl methyl sites for hydroxylation is 1. The Kier molecular flexibility index (Phi) is 5.21. The van der Waals surface area contributed by atoms with Crippen molar-refractivity contribution < 1.29 is 0 Å². The van der Waals surface area contributed by atoms with E-state index in [4.69, 9.17) is 18.0 Å². The molecular formula is C12H19N3S2. The maximum absolute atomic E-state index is 5.79. The van der Waals surface area contributed by atoms with Crippen molar-refractivity contribution in [2.45, 2.75) is 19.9 Å². The van der Waals surface area contributed by atoms with Gasteiger partial charge in [0.1, 0.15) is 10.8 Å². The predicted molar refractivity (Wildman–Crippen MR) is 81.1 cm³/mol. The molecule has 0 fully saturated rings. The minimum Gasteiger partial charge on any atom is -0.389 e. The van der Waals surface area contributed by atoms with Gasteiger partial charge in [0, 0.05) is 25.0 Å². The molecule has 0 bridgehead atoms. The van der Waals surface area contributed by atoms with Gasteiger partial charge in [-0.2, -0.15) is 11.8 Å². The fourth-order valence-electron chi connectivity index (χ4n) is 1.68. The summed E-state index contributed by atoms with van der Waals surface area (Å²) in [6.45, 7) is 4.18. The molecule has 1 atom stereocenters. The summed E-state index contributed by atoms with van der Waals surface area (Å²) >= 11 is 6.93. The summed E-state index contributed by atoms with van der Waals surface area (Å²) in [6.07, 6.45) is 3.90. The van der Waals surface area contributed by atoms with Crippen LogP contribution in [-0.2, 0) is 0 Å². The fraction of sp³-hybridized carbons (Fsp3) is 0.500. The van der Waals surface area contributed by atoms with E-state index in [1.165, 1.54) is 0 Å². The first-order valence-electron chi connectivity index (χ1n) is 5.46. The van der Waals surface area contributed by atoms with Crippen molar-refractivity contribution in [2.75, 3.05) is 24.0 Å². The second kappa shape index (κ2) is 6.21. The van der Waals surface area contributed by atoms with E-state index < -0.39 is 0 Å². The number of rotatable bonds is 5. The van der Waals surface area contributed by atoms with E-state index in [0.29, 0.717) is 11.0 Å². The Balaban J connectivity index is 3.13. The number of anilines is 1. The average molecular weight is 269 g/mol. The van der Waals surface area contributed by atoms with Crippen LogP contribution in [0, 0.1) is 6.92 Å². The van der Waals surface area contributed by atoms with E-state index >= 15 is 0 Å². The van der Waals surface area contributed by atoms with Crippen molar-refractivity contribution in [1.82, 2.24) is 4.98 Å². The highest BCUT2D eigenvalue weighted by Crippen LogP contribution is 2.22. The maximum atomic E-state index is 5.79. The van der Waals surface area contributed by atoms with Gasteiger partial charge in [0.15, 0.2) is 0 Å². The number of thioether (sulfide) groups is 1. The Morgan fingerprint density at radius 3 is 2.82 bits per heavy atom. The molecule has 2 N–H and O–H groups in total.